The third kappa shape index (κ3) is 4.21. The molecule has 1 unspecified atom stereocenters. The van der Waals surface area contributed by atoms with Crippen molar-refractivity contribution in [2.75, 3.05) is 0 Å². The van der Waals surface area contributed by atoms with Crippen LogP contribution in [0.15, 0.2) is 24.4 Å². The van der Waals surface area contributed by atoms with Gasteiger partial charge in [0.15, 0.2) is 0 Å². The Morgan fingerprint density at radius 3 is 2.70 bits per heavy atom. The van der Waals surface area contributed by atoms with Crippen molar-refractivity contribution < 1.29 is 19.4 Å². The molecule has 7 heteroatoms. The molecule has 1 atom stereocenters. The Kier molecular flexibility index (Phi) is 4.58. The number of imidazole rings is 1. The van der Waals surface area contributed by atoms with Crippen molar-refractivity contribution in [3.63, 3.8) is 0 Å². The first-order valence-electron chi connectivity index (χ1n) is 7.32. The number of fused-ring (bicyclic) bond motifs is 1. The molecule has 2 heterocycles. The van der Waals surface area contributed by atoms with Crippen molar-refractivity contribution in [2.24, 2.45) is 0 Å². The molecule has 23 heavy (non-hydrogen) atoms. The van der Waals surface area contributed by atoms with Crippen molar-refractivity contribution in [3.8, 4) is 0 Å². The van der Waals surface area contributed by atoms with Crippen LogP contribution in [0.1, 0.15) is 32.2 Å². The van der Waals surface area contributed by atoms with Crippen LogP contribution in [0.5, 0.6) is 0 Å². The highest BCUT2D eigenvalue weighted by molar-refractivity contribution is 5.80. The number of aryl methyl sites for hydroxylation is 1. The maximum Gasteiger partial charge on any atom is 0.408 e. The second-order valence-corrected chi connectivity index (χ2v) is 6.31. The summed E-state index contributed by atoms with van der Waals surface area (Å²) in [6.07, 6.45) is 1.18. The lowest BCUT2D eigenvalue weighted by Gasteiger charge is -2.22. The molecule has 0 aliphatic carbocycles. The quantitative estimate of drug-likeness (QED) is 0.901. The highest BCUT2D eigenvalue weighted by Crippen LogP contribution is 2.14. The van der Waals surface area contributed by atoms with Gasteiger partial charge < -0.3 is 19.6 Å². The zero-order chi connectivity index (χ0) is 17.2. The Hall–Kier alpha value is -2.57. The van der Waals surface area contributed by atoms with Crippen molar-refractivity contribution in [1.29, 1.82) is 0 Å². The Morgan fingerprint density at radius 1 is 1.39 bits per heavy atom. The predicted molar refractivity (Wildman–Crippen MR) is 84.4 cm³/mol. The molecule has 2 aromatic heterocycles. The van der Waals surface area contributed by atoms with Gasteiger partial charge >= 0.3 is 12.1 Å². The number of aromatic nitrogens is 2. The predicted octanol–water partition coefficient (Wildman–Crippen LogP) is 2.16. The van der Waals surface area contributed by atoms with Crippen molar-refractivity contribution >= 4 is 17.7 Å². The Labute approximate surface area is 134 Å². The van der Waals surface area contributed by atoms with Crippen LogP contribution in [0.2, 0.25) is 0 Å². The van der Waals surface area contributed by atoms with Crippen LogP contribution in [-0.2, 0) is 16.0 Å². The minimum atomic E-state index is -1.12. The average Bonchev–Trinajstić information content (AvgIpc) is 2.72. The van der Waals surface area contributed by atoms with Crippen LogP contribution in [0.4, 0.5) is 4.79 Å². The zero-order valence-corrected chi connectivity index (χ0v) is 13.7. The molecule has 2 rings (SSSR count). The zero-order valence-electron chi connectivity index (χ0n) is 13.7. The van der Waals surface area contributed by atoms with E-state index < -0.39 is 23.7 Å². The Balaban J connectivity index is 2.20. The lowest BCUT2D eigenvalue weighted by molar-refractivity contribution is -0.139. The highest BCUT2D eigenvalue weighted by Gasteiger charge is 2.26. The molecular formula is C16H21N3O4. The Morgan fingerprint density at radius 2 is 2.09 bits per heavy atom. The van der Waals surface area contributed by atoms with Gasteiger partial charge in [-0.2, -0.15) is 0 Å². The van der Waals surface area contributed by atoms with Crippen LogP contribution in [0, 0.1) is 6.92 Å². The number of rotatable bonds is 4. The number of carboxylic acid groups (broad SMARTS) is 1. The summed E-state index contributed by atoms with van der Waals surface area (Å²) in [5.41, 5.74) is 1.52. The van der Waals surface area contributed by atoms with Crippen LogP contribution >= 0.6 is 0 Å². The van der Waals surface area contributed by atoms with E-state index in [1.807, 2.05) is 35.7 Å². The molecule has 2 N–H and O–H groups in total. The average molecular weight is 319 g/mol. The van der Waals surface area contributed by atoms with Gasteiger partial charge in [0.05, 0.1) is 5.69 Å². The lowest BCUT2D eigenvalue weighted by atomic mass is 10.1. The second kappa shape index (κ2) is 6.28. The minimum Gasteiger partial charge on any atom is -0.480 e. The maximum atomic E-state index is 11.8. The van der Waals surface area contributed by atoms with Crippen LogP contribution in [-0.4, -0.2) is 38.2 Å². The molecule has 0 radical (unpaired) electrons. The molecular weight excluding hydrogens is 298 g/mol. The molecule has 0 bridgehead atoms. The molecule has 2 aromatic rings. The van der Waals surface area contributed by atoms with E-state index in [9.17, 15) is 14.7 Å². The van der Waals surface area contributed by atoms with E-state index in [4.69, 9.17) is 4.74 Å². The molecule has 0 aliphatic heterocycles. The van der Waals surface area contributed by atoms with E-state index in [-0.39, 0.29) is 6.42 Å². The van der Waals surface area contributed by atoms with E-state index >= 15 is 0 Å². The van der Waals surface area contributed by atoms with E-state index in [2.05, 4.69) is 10.3 Å². The second-order valence-electron chi connectivity index (χ2n) is 6.31. The summed E-state index contributed by atoms with van der Waals surface area (Å²) in [5, 5.41) is 11.8. The minimum absolute atomic E-state index is 0.117. The molecule has 0 saturated carbocycles. The number of hydrogen-bond acceptors (Lipinski definition) is 4. The summed E-state index contributed by atoms with van der Waals surface area (Å²) in [6.45, 7) is 6.97. The number of alkyl carbamates (subject to hydrolysis) is 1. The van der Waals surface area contributed by atoms with Gasteiger partial charge in [-0.05, 0) is 39.8 Å². The van der Waals surface area contributed by atoms with E-state index in [1.165, 1.54) is 0 Å². The third-order valence-corrected chi connectivity index (χ3v) is 3.22. The number of carbonyl (C=O) groups excluding carboxylic acids is 1. The summed E-state index contributed by atoms with van der Waals surface area (Å²) in [5.74, 6) is -1.12. The van der Waals surface area contributed by atoms with E-state index in [0.717, 1.165) is 17.0 Å². The van der Waals surface area contributed by atoms with Gasteiger partial charge in [-0.15, -0.1) is 0 Å². The summed E-state index contributed by atoms with van der Waals surface area (Å²) in [6, 6.07) is 4.45. The van der Waals surface area contributed by atoms with Crippen molar-refractivity contribution in [1.82, 2.24) is 14.7 Å². The van der Waals surface area contributed by atoms with Gasteiger partial charge in [0, 0.05) is 18.3 Å². The fraction of sp³-hybridized carbons (Fsp3) is 0.438. The van der Waals surface area contributed by atoms with Gasteiger partial charge in [0.1, 0.15) is 17.3 Å². The van der Waals surface area contributed by atoms with Crippen molar-refractivity contribution in [3.05, 3.63) is 35.8 Å². The summed E-state index contributed by atoms with van der Waals surface area (Å²) < 4.78 is 6.94. The summed E-state index contributed by atoms with van der Waals surface area (Å²) in [4.78, 5) is 27.7. The number of ether oxygens (including phenoxy) is 1. The number of carboxylic acids is 1. The van der Waals surface area contributed by atoms with Gasteiger partial charge in [0.25, 0.3) is 0 Å². The molecule has 0 aliphatic rings. The van der Waals surface area contributed by atoms with Gasteiger partial charge in [-0.3, -0.25) is 0 Å². The monoisotopic (exact) mass is 319 g/mol. The molecule has 0 spiro atoms. The molecule has 1 amide bonds. The number of carbonyl (C=O) groups is 2. The number of aliphatic carboxylic acids is 1. The van der Waals surface area contributed by atoms with Crippen LogP contribution in [0.25, 0.3) is 5.65 Å². The van der Waals surface area contributed by atoms with E-state index in [1.54, 1.807) is 20.8 Å². The van der Waals surface area contributed by atoms with Gasteiger partial charge in [-0.25, -0.2) is 14.6 Å². The number of nitrogens with one attached hydrogen (secondary N) is 1. The smallest absolute Gasteiger partial charge is 0.408 e. The fourth-order valence-electron chi connectivity index (χ4n) is 2.25. The summed E-state index contributed by atoms with van der Waals surface area (Å²) in [7, 11) is 0. The SMILES string of the molecule is Cc1nc2ccccn2c1CC(NC(=O)OC(C)(C)C)C(=O)O. The number of nitrogens with zero attached hydrogens (tertiary/aromatic N) is 2. The number of hydrogen-bond donors (Lipinski definition) is 2. The maximum absolute atomic E-state index is 11.8. The molecule has 0 aromatic carbocycles. The van der Waals surface area contributed by atoms with Gasteiger partial charge in [-0.1, -0.05) is 6.07 Å². The first-order chi connectivity index (χ1) is 10.7. The third-order valence-electron chi connectivity index (χ3n) is 3.22. The summed E-state index contributed by atoms with van der Waals surface area (Å²) >= 11 is 0. The first-order valence-corrected chi connectivity index (χ1v) is 7.32. The topological polar surface area (TPSA) is 92.9 Å². The van der Waals surface area contributed by atoms with Crippen molar-refractivity contribution in [2.45, 2.75) is 45.8 Å². The molecule has 124 valence electrons. The lowest BCUT2D eigenvalue weighted by Crippen LogP contribution is -2.45. The van der Waals surface area contributed by atoms with Crippen LogP contribution < -0.4 is 5.32 Å². The first kappa shape index (κ1) is 16.8. The van der Waals surface area contributed by atoms with Crippen LogP contribution in [0.3, 0.4) is 0 Å². The molecule has 7 nitrogen and oxygen atoms in total. The standard InChI is InChI=1S/C16H21N3O4/c1-10-12(19-8-6-5-7-13(19)17-10)9-11(14(20)21)18-15(22)23-16(2,3)4/h5-8,11H,9H2,1-4H3,(H,18,22)(H,20,21). The highest BCUT2D eigenvalue weighted by atomic mass is 16.6. The van der Waals surface area contributed by atoms with Gasteiger partial charge in [0.2, 0.25) is 0 Å². The molecule has 0 fully saturated rings. The fourth-order valence-corrected chi connectivity index (χ4v) is 2.25. The normalized spacial score (nSPS) is 12.9. The number of amides is 1. The number of pyridine rings is 1. The Bertz CT molecular complexity index is 730. The largest absolute Gasteiger partial charge is 0.480 e. The molecule has 0 saturated heterocycles. The van der Waals surface area contributed by atoms with E-state index in [0.29, 0.717) is 0 Å².